The zero-order valence-corrected chi connectivity index (χ0v) is 19.0. The molecule has 2 N–H and O–H groups in total. The summed E-state index contributed by atoms with van der Waals surface area (Å²) in [4.78, 5) is 10.3. The highest BCUT2D eigenvalue weighted by atomic mass is 35.5. The number of ether oxygens (including phenoxy) is 1. The molecule has 5 atom stereocenters. The molecule has 0 aromatic heterocycles. The number of hydrogen-bond donors (Lipinski definition) is 1. The van der Waals surface area contributed by atoms with Gasteiger partial charge in [0.15, 0.2) is 5.66 Å². The minimum Gasteiger partial charge on any atom is -0.382 e. The molecule has 2 fully saturated rings. The van der Waals surface area contributed by atoms with Gasteiger partial charge in [-0.3, -0.25) is 4.99 Å². The molecule has 2 saturated carbocycles. The molecule has 162 valence electrons. The maximum Gasteiger partial charge on any atom is 0.184 e. The van der Waals surface area contributed by atoms with Gasteiger partial charge in [0.2, 0.25) is 0 Å². The number of halogens is 1. The zero-order valence-electron chi connectivity index (χ0n) is 18.2. The number of nitrogens with two attached hydrogens (primary N) is 1. The molecule has 6 rings (SSSR count). The van der Waals surface area contributed by atoms with Crippen molar-refractivity contribution in [3.63, 3.8) is 0 Å². The minimum atomic E-state index is -0.657. The second-order valence-corrected chi connectivity index (χ2v) is 10.1. The normalized spacial score (nSPS) is 34.1. The van der Waals surface area contributed by atoms with Crippen molar-refractivity contribution in [1.82, 2.24) is 0 Å². The molecule has 1 heterocycles. The summed E-state index contributed by atoms with van der Waals surface area (Å²) in [7, 11) is 1.82. The number of aliphatic imine (C=N–C) groups is 2. The van der Waals surface area contributed by atoms with Crippen molar-refractivity contribution >= 4 is 23.1 Å². The van der Waals surface area contributed by atoms with E-state index in [1.807, 2.05) is 26.2 Å². The Morgan fingerprint density at radius 2 is 2.00 bits per heavy atom. The monoisotopic (exact) mass is 444 g/mol. The van der Waals surface area contributed by atoms with E-state index in [-0.39, 0.29) is 5.41 Å². The van der Waals surface area contributed by atoms with E-state index in [9.17, 15) is 5.26 Å². The van der Waals surface area contributed by atoms with Crippen molar-refractivity contribution in [3.05, 3.63) is 58.1 Å². The molecule has 2 aromatic carbocycles. The molecule has 2 aromatic rings. The van der Waals surface area contributed by atoms with Crippen molar-refractivity contribution < 1.29 is 4.74 Å². The van der Waals surface area contributed by atoms with E-state index in [1.54, 1.807) is 6.07 Å². The predicted molar refractivity (Wildman–Crippen MR) is 126 cm³/mol. The van der Waals surface area contributed by atoms with Crippen LogP contribution in [0.2, 0.25) is 5.02 Å². The van der Waals surface area contributed by atoms with E-state index >= 15 is 0 Å². The lowest BCUT2D eigenvalue weighted by Crippen LogP contribution is -2.41. The van der Waals surface area contributed by atoms with Gasteiger partial charge in [0.1, 0.15) is 5.84 Å². The van der Waals surface area contributed by atoms with Crippen LogP contribution in [-0.2, 0) is 16.8 Å². The molecule has 3 aliphatic carbocycles. The van der Waals surface area contributed by atoms with E-state index in [2.05, 4.69) is 24.3 Å². The van der Waals surface area contributed by atoms with Gasteiger partial charge in [0, 0.05) is 23.1 Å². The largest absolute Gasteiger partial charge is 0.382 e. The van der Waals surface area contributed by atoms with Crippen LogP contribution in [0.1, 0.15) is 42.9 Å². The minimum absolute atomic E-state index is 0.0161. The summed E-state index contributed by atoms with van der Waals surface area (Å²) in [6, 6.07) is 14.2. The van der Waals surface area contributed by atoms with Crippen LogP contribution in [0.15, 0.2) is 46.4 Å². The van der Waals surface area contributed by atoms with Gasteiger partial charge >= 0.3 is 0 Å². The lowest BCUT2D eigenvalue weighted by atomic mass is 9.69. The lowest BCUT2D eigenvalue weighted by Gasteiger charge is -2.42. The Bertz CT molecular complexity index is 1240. The van der Waals surface area contributed by atoms with E-state index < -0.39 is 5.66 Å². The molecule has 0 amide bonds. The first-order valence-corrected chi connectivity index (χ1v) is 11.6. The fourth-order valence-corrected chi connectivity index (χ4v) is 7.09. The first kappa shape index (κ1) is 20.0. The molecule has 2 spiro atoms. The van der Waals surface area contributed by atoms with Gasteiger partial charge in [0.25, 0.3) is 0 Å². The molecule has 32 heavy (non-hydrogen) atoms. The van der Waals surface area contributed by atoms with Crippen LogP contribution in [0.4, 0.5) is 0 Å². The second kappa shape index (κ2) is 6.66. The van der Waals surface area contributed by atoms with E-state index in [0.717, 1.165) is 48.1 Å². The standard InChI is InChI=1S/C26H25ClN4O/c1-14-24(29)31-26(30-14)21-10-16(18-7-15(13-28)8-19(27)9-18)3-4-17(21)11-22-23-12-20(32-2)5-6-25(22,23)26/h3-4,7-10,20,22-23H,5-6,11-12H2,1-2H3,(H2,29,31). The molecule has 1 aliphatic heterocycles. The number of nitrogens with zero attached hydrogens (tertiary/aromatic N) is 3. The molecular formula is C26H25ClN4O. The smallest absolute Gasteiger partial charge is 0.184 e. The van der Waals surface area contributed by atoms with E-state index in [0.29, 0.717) is 34.4 Å². The van der Waals surface area contributed by atoms with Crippen LogP contribution in [0.25, 0.3) is 11.1 Å². The van der Waals surface area contributed by atoms with Gasteiger partial charge in [-0.15, -0.1) is 0 Å². The summed E-state index contributed by atoms with van der Waals surface area (Å²) in [5.74, 6) is 1.65. The SMILES string of the molecule is COC1CCC23C(Cc4ccc(-c5cc(Cl)cc(C#N)c5)cc4C24N=C(C)C(N)=N4)C3C1. The van der Waals surface area contributed by atoms with Gasteiger partial charge in [-0.25, -0.2) is 4.99 Å². The zero-order chi connectivity index (χ0) is 22.3. The number of methoxy groups -OCH3 is 1. The fourth-order valence-electron chi connectivity index (χ4n) is 6.86. The molecule has 6 heteroatoms. The average molecular weight is 445 g/mol. The van der Waals surface area contributed by atoms with Gasteiger partial charge in [-0.2, -0.15) is 5.26 Å². The number of nitriles is 1. The maximum absolute atomic E-state index is 9.39. The quantitative estimate of drug-likeness (QED) is 0.718. The summed E-state index contributed by atoms with van der Waals surface area (Å²) in [5.41, 5.74) is 11.5. The van der Waals surface area contributed by atoms with Crippen LogP contribution in [0.3, 0.4) is 0 Å². The van der Waals surface area contributed by atoms with Crippen LogP contribution in [0, 0.1) is 28.6 Å². The van der Waals surface area contributed by atoms with Crippen molar-refractivity contribution in [2.24, 2.45) is 33.0 Å². The maximum atomic E-state index is 9.39. The van der Waals surface area contributed by atoms with Crippen LogP contribution in [-0.4, -0.2) is 24.8 Å². The summed E-state index contributed by atoms with van der Waals surface area (Å²) < 4.78 is 5.74. The number of benzene rings is 2. The van der Waals surface area contributed by atoms with Gasteiger partial charge < -0.3 is 10.5 Å². The van der Waals surface area contributed by atoms with Gasteiger partial charge in [-0.1, -0.05) is 23.7 Å². The number of fused-ring (bicyclic) bond motifs is 3. The van der Waals surface area contributed by atoms with Gasteiger partial charge in [0.05, 0.1) is 23.4 Å². The first-order chi connectivity index (χ1) is 15.4. The summed E-state index contributed by atoms with van der Waals surface area (Å²) in [6.07, 6.45) is 4.50. The third-order valence-corrected chi connectivity index (χ3v) is 8.57. The third-order valence-electron chi connectivity index (χ3n) is 8.35. The summed E-state index contributed by atoms with van der Waals surface area (Å²) >= 11 is 6.31. The molecule has 5 nitrogen and oxygen atoms in total. The Kier molecular flexibility index (Phi) is 4.16. The van der Waals surface area contributed by atoms with Crippen LogP contribution < -0.4 is 5.73 Å². The topological polar surface area (TPSA) is 83.8 Å². The molecular weight excluding hydrogens is 420 g/mol. The van der Waals surface area contributed by atoms with E-state index in [4.69, 9.17) is 32.1 Å². The molecule has 5 unspecified atom stereocenters. The summed E-state index contributed by atoms with van der Waals surface area (Å²) in [5, 5.41) is 9.95. The molecule has 0 saturated heterocycles. The van der Waals surface area contributed by atoms with Gasteiger partial charge in [-0.05, 0) is 85.4 Å². The number of amidine groups is 1. The van der Waals surface area contributed by atoms with Crippen molar-refractivity contribution in [1.29, 1.82) is 5.26 Å². The van der Waals surface area contributed by atoms with Crippen molar-refractivity contribution in [2.45, 2.75) is 44.4 Å². The average Bonchev–Trinajstić information content (AvgIpc) is 3.35. The first-order valence-electron chi connectivity index (χ1n) is 11.2. The number of hydrogen-bond acceptors (Lipinski definition) is 5. The lowest BCUT2D eigenvalue weighted by molar-refractivity contribution is 0.0370. The Morgan fingerprint density at radius 3 is 2.72 bits per heavy atom. The van der Waals surface area contributed by atoms with Crippen molar-refractivity contribution in [2.75, 3.05) is 7.11 Å². The Hall–Kier alpha value is -2.68. The van der Waals surface area contributed by atoms with Crippen LogP contribution in [0.5, 0.6) is 0 Å². The molecule has 4 aliphatic rings. The predicted octanol–water partition coefficient (Wildman–Crippen LogP) is 4.85. The fraction of sp³-hybridized carbons (Fsp3) is 0.423. The van der Waals surface area contributed by atoms with Crippen LogP contribution >= 0.6 is 11.6 Å². The second-order valence-electron chi connectivity index (χ2n) is 9.67. The molecule has 0 bridgehead atoms. The Morgan fingerprint density at radius 1 is 1.16 bits per heavy atom. The third kappa shape index (κ3) is 2.48. The number of rotatable bonds is 2. The highest BCUT2D eigenvalue weighted by Gasteiger charge is 2.78. The van der Waals surface area contributed by atoms with Crippen molar-refractivity contribution in [3.8, 4) is 17.2 Å². The molecule has 0 radical (unpaired) electrons. The van der Waals surface area contributed by atoms with E-state index in [1.165, 1.54) is 5.56 Å². The Balaban J connectivity index is 1.53. The summed E-state index contributed by atoms with van der Waals surface area (Å²) in [6.45, 7) is 1.96. The Labute approximate surface area is 193 Å². The highest BCUT2D eigenvalue weighted by molar-refractivity contribution is 6.41. The highest BCUT2D eigenvalue weighted by Crippen LogP contribution is 2.78.